The standard InChI is InChI=1S/C18H23ClFN3S/c1-4-5-10-24-15-8-6-14(7-9-15)13(3)23-18-16(19)17(12(2)20)21-11-22-18/h6-9,11-13H,4-5,10H2,1-3H3,(H,21,22,23). The number of nitrogens with one attached hydrogen (secondary N) is 1. The molecule has 0 saturated carbocycles. The van der Waals surface area contributed by atoms with Gasteiger partial charge in [-0.25, -0.2) is 14.4 Å². The van der Waals surface area contributed by atoms with Gasteiger partial charge in [0.15, 0.2) is 0 Å². The number of thioether (sulfide) groups is 1. The van der Waals surface area contributed by atoms with Crippen molar-refractivity contribution in [3.63, 3.8) is 0 Å². The first kappa shape index (κ1) is 19.0. The molecule has 0 saturated heterocycles. The molecule has 0 amide bonds. The molecule has 0 bridgehead atoms. The van der Waals surface area contributed by atoms with Gasteiger partial charge in [0, 0.05) is 10.9 Å². The van der Waals surface area contributed by atoms with Crippen LogP contribution in [0.2, 0.25) is 5.02 Å². The molecule has 1 N–H and O–H groups in total. The van der Waals surface area contributed by atoms with Crippen LogP contribution in [0.4, 0.5) is 10.2 Å². The molecule has 0 aliphatic carbocycles. The Bertz CT molecular complexity index is 649. The smallest absolute Gasteiger partial charge is 0.149 e. The summed E-state index contributed by atoms with van der Waals surface area (Å²) in [4.78, 5) is 9.31. The number of hydrogen-bond acceptors (Lipinski definition) is 4. The second-order valence-corrected chi connectivity index (χ2v) is 7.22. The average Bonchev–Trinajstić information content (AvgIpc) is 2.57. The molecule has 0 aliphatic rings. The zero-order chi connectivity index (χ0) is 17.5. The molecule has 2 rings (SSSR count). The zero-order valence-corrected chi connectivity index (χ0v) is 15.8. The molecule has 6 heteroatoms. The second-order valence-electron chi connectivity index (χ2n) is 5.67. The summed E-state index contributed by atoms with van der Waals surface area (Å²) in [5.74, 6) is 1.60. The summed E-state index contributed by atoms with van der Waals surface area (Å²) in [7, 11) is 0. The number of alkyl halides is 1. The molecule has 2 atom stereocenters. The van der Waals surface area contributed by atoms with Crippen LogP contribution in [-0.4, -0.2) is 15.7 Å². The summed E-state index contributed by atoms with van der Waals surface area (Å²) in [6.45, 7) is 5.64. The number of hydrogen-bond donors (Lipinski definition) is 1. The first-order valence-electron chi connectivity index (χ1n) is 8.16. The van der Waals surface area contributed by atoms with E-state index >= 15 is 0 Å². The first-order valence-corrected chi connectivity index (χ1v) is 9.53. The Hall–Kier alpha value is -1.33. The van der Waals surface area contributed by atoms with E-state index in [0.717, 1.165) is 11.3 Å². The molecular formula is C18H23ClFN3S. The molecule has 3 nitrogen and oxygen atoms in total. The molecule has 24 heavy (non-hydrogen) atoms. The Morgan fingerprint density at radius 2 is 1.92 bits per heavy atom. The summed E-state index contributed by atoms with van der Waals surface area (Å²) < 4.78 is 13.5. The number of unbranched alkanes of at least 4 members (excludes halogenated alkanes) is 1. The lowest BCUT2D eigenvalue weighted by atomic mass is 10.1. The largest absolute Gasteiger partial charge is 0.362 e. The van der Waals surface area contributed by atoms with Crippen LogP contribution in [0.15, 0.2) is 35.5 Å². The Labute approximate surface area is 152 Å². The molecule has 130 valence electrons. The molecule has 2 aromatic rings. The third kappa shape index (κ3) is 5.08. The van der Waals surface area contributed by atoms with Crippen LogP contribution in [0.1, 0.15) is 57.1 Å². The fourth-order valence-corrected chi connectivity index (χ4v) is 3.54. The van der Waals surface area contributed by atoms with Gasteiger partial charge in [0.1, 0.15) is 23.3 Å². The second kappa shape index (κ2) is 9.23. The highest BCUT2D eigenvalue weighted by molar-refractivity contribution is 7.99. The van der Waals surface area contributed by atoms with Crippen LogP contribution in [0, 0.1) is 0 Å². The SMILES string of the molecule is CCCCSc1ccc(C(C)Nc2ncnc(C(C)F)c2Cl)cc1. The predicted octanol–water partition coefficient (Wildman–Crippen LogP) is 6.23. The molecule has 2 unspecified atom stereocenters. The lowest BCUT2D eigenvalue weighted by Crippen LogP contribution is -2.10. The van der Waals surface area contributed by atoms with Gasteiger partial charge in [-0.3, -0.25) is 0 Å². The van der Waals surface area contributed by atoms with Gasteiger partial charge in [-0.15, -0.1) is 11.8 Å². The van der Waals surface area contributed by atoms with E-state index in [0.29, 0.717) is 5.82 Å². The highest BCUT2D eigenvalue weighted by Gasteiger charge is 2.16. The van der Waals surface area contributed by atoms with Gasteiger partial charge < -0.3 is 5.32 Å². The lowest BCUT2D eigenvalue weighted by Gasteiger charge is -2.17. The minimum atomic E-state index is -1.23. The number of aromatic nitrogens is 2. The fourth-order valence-electron chi connectivity index (χ4n) is 2.24. The predicted molar refractivity (Wildman–Crippen MR) is 101 cm³/mol. The van der Waals surface area contributed by atoms with Gasteiger partial charge in [-0.05, 0) is 43.7 Å². The van der Waals surface area contributed by atoms with Crippen molar-refractivity contribution >= 4 is 29.2 Å². The third-order valence-corrected chi connectivity index (χ3v) is 5.16. The minimum absolute atomic E-state index is 0.00913. The Balaban J connectivity index is 2.04. The van der Waals surface area contributed by atoms with Crippen molar-refractivity contribution in [1.29, 1.82) is 0 Å². The summed E-state index contributed by atoms with van der Waals surface area (Å²) in [6, 6.07) is 8.46. The molecule has 0 spiro atoms. The summed E-state index contributed by atoms with van der Waals surface area (Å²) in [5, 5.41) is 3.48. The van der Waals surface area contributed by atoms with E-state index in [9.17, 15) is 4.39 Å². The van der Waals surface area contributed by atoms with E-state index in [1.165, 1.54) is 31.0 Å². The molecule has 1 aromatic carbocycles. The Kier molecular flexibility index (Phi) is 7.31. The summed E-state index contributed by atoms with van der Waals surface area (Å²) >= 11 is 8.07. The third-order valence-electron chi connectivity index (χ3n) is 3.69. The molecule has 0 fully saturated rings. The van der Waals surface area contributed by atoms with Gasteiger partial charge in [0.25, 0.3) is 0 Å². The molecular weight excluding hydrogens is 345 g/mol. The normalized spacial score (nSPS) is 13.5. The Morgan fingerprint density at radius 1 is 1.21 bits per heavy atom. The Morgan fingerprint density at radius 3 is 2.54 bits per heavy atom. The maximum atomic E-state index is 13.5. The van der Waals surface area contributed by atoms with Crippen molar-refractivity contribution < 1.29 is 4.39 Å². The number of benzene rings is 1. The van der Waals surface area contributed by atoms with Gasteiger partial charge in [-0.2, -0.15) is 0 Å². The summed E-state index contributed by atoms with van der Waals surface area (Å²) in [5.41, 5.74) is 1.34. The average molecular weight is 368 g/mol. The highest BCUT2D eigenvalue weighted by Crippen LogP contribution is 2.31. The molecule has 0 aliphatic heterocycles. The van der Waals surface area contributed by atoms with Crippen LogP contribution in [-0.2, 0) is 0 Å². The number of halogens is 2. The van der Waals surface area contributed by atoms with Crippen LogP contribution >= 0.6 is 23.4 Å². The van der Waals surface area contributed by atoms with Gasteiger partial charge in [0.2, 0.25) is 0 Å². The molecule has 1 heterocycles. The number of nitrogens with zero attached hydrogens (tertiary/aromatic N) is 2. The quantitative estimate of drug-likeness (QED) is 0.443. The van der Waals surface area contributed by atoms with Gasteiger partial charge in [-0.1, -0.05) is 37.1 Å². The zero-order valence-electron chi connectivity index (χ0n) is 14.2. The minimum Gasteiger partial charge on any atom is -0.362 e. The van der Waals surface area contributed by atoms with Crippen LogP contribution < -0.4 is 5.32 Å². The van der Waals surface area contributed by atoms with Gasteiger partial charge >= 0.3 is 0 Å². The highest BCUT2D eigenvalue weighted by atomic mass is 35.5. The van der Waals surface area contributed by atoms with Crippen molar-refractivity contribution in [2.24, 2.45) is 0 Å². The number of rotatable bonds is 8. The van der Waals surface area contributed by atoms with E-state index in [1.54, 1.807) is 0 Å². The van der Waals surface area contributed by atoms with E-state index < -0.39 is 6.17 Å². The van der Waals surface area contributed by atoms with Crippen molar-refractivity contribution in [2.45, 2.75) is 50.7 Å². The van der Waals surface area contributed by atoms with E-state index in [4.69, 9.17) is 11.6 Å². The summed E-state index contributed by atoms with van der Waals surface area (Å²) in [6.07, 6.45) is 2.55. The van der Waals surface area contributed by atoms with Crippen LogP contribution in [0.3, 0.4) is 0 Å². The lowest BCUT2D eigenvalue weighted by molar-refractivity contribution is 0.365. The van der Waals surface area contributed by atoms with Crippen molar-refractivity contribution in [3.8, 4) is 0 Å². The molecule has 0 radical (unpaired) electrons. The van der Waals surface area contributed by atoms with E-state index in [2.05, 4.69) is 46.5 Å². The van der Waals surface area contributed by atoms with E-state index in [1.807, 2.05) is 18.7 Å². The maximum Gasteiger partial charge on any atom is 0.149 e. The first-order chi connectivity index (χ1) is 11.5. The fraction of sp³-hybridized carbons (Fsp3) is 0.444. The number of anilines is 1. The topological polar surface area (TPSA) is 37.8 Å². The van der Waals surface area contributed by atoms with E-state index in [-0.39, 0.29) is 16.8 Å². The monoisotopic (exact) mass is 367 g/mol. The van der Waals surface area contributed by atoms with Crippen LogP contribution in [0.25, 0.3) is 0 Å². The maximum absolute atomic E-state index is 13.5. The van der Waals surface area contributed by atoms with Gasteiger partial charge in [0.05, 0.1) is 5.69 Å². The molecule has 1 aromatic heterocycles. The van der Waals surface area contributed by atoms with Crippen molar-refractivity contribution in [1.82, 2.24) is 9.97 Å². The van der Waals surface area contributed by atoms with Crippen LogP contribution in [0.5, 0.6) is 0 Å². The van der Waals surface area contributed by atoms with Crippen molar-refractivity contribution in [2.75, 3.05) is 11.1 Å². The van der Waals surface area contributed by atoms with Crippen molar-refractivity contribution in [3.05, 3.63) is 46.9 Å².